The number of amidine groups is 1. The summed E-state index contributed by atoms with van der Waals surface area (Å²) >= 11 is 6.14. The molecule has 0 saturated heterocycles. The number of nitrogens with zero attached hydrogens (tertiary/aromatic N) is 3. The van der Waals surface area contributed by atoms with Crippen molar-refractivity contribution in [3.8, 4) is 6.19 Å². The molecule has 0 spiro atoms. The van der Waals surface area contributed by atoms with Crippen LogP contribution in [0.3, 0.4) is 0 Å². The van der Waals surface area contributed by atoms with Gasteiger partial charge in [-0.3, -0.25) is 15.3 Å². The van der Waals surface area contributed by atoms with E-state index in [1.54, 1.807) is 12.4 Å². The van der Waals surface area contributed by atoms with E-state index < -0.39 is 0 Å². The van der Waals surface area contributed by atoms with Gasteiger partial charge in [-0.15, -0.1) is 0 Å². The molecule has 0 radical (unpaired) electrons. The molecule has 1 heterocycles. The van der Waals surface area contributed by atoms with E-state index in [1.807, 2.05) is 43.4 Å². The summed E-state index contributed by atoms with van der Waals surface area (Å²) in [4.78, 5) is 8.65. The molecule has 0 bridgehead atoms. The van der Waals surface area contributed by atoms with Gasteiger partial charge in [-0.25, -0.2) is 0 Å². The van der Waals surface area contributed by atoms with Crippen molar-refractivity contribution in [3.63, 3.8) is 0 Å². The van der Waals surface area contributed by atoms with Gasteiger partial charge in [0, 0.05) is 36.1 Å². The number of pyridine rings is 1. The first kappa shape index (κ1) is 16.8. The summed E-state index contributed by atoms with van der Waals surface area (Å²) in [5.41, 5.74) is 2.70. The number of anilines is 1. The van der Waals surface area contributed by atoms with Crippen LogP contribution in [0.4, 0.5) is 5.69 Å². The van der Waals surface area contributed by atoms with Gasteiger partial charge in [0.25, 0.3) is 0 Å². The highest BCUT2D eigenvalue weighted by Gasteiger charge is 2.05. The fourth-order valence-electron chi connectivity index (χ4n) is 2.12. The van der Waals surface area contributed by atoms with Crippen molar-refractivity contribution >= 4 is 23.1 Å². The van der Waals surface area contributed by atoms with Gasteiger partial charge in [-0.1, -0.05) is 29.8 Å². The number of aromatic nitrogens is 1. The molecule has 1 aromatic heterocycles. The van der Waals surface area contributed by atoms with Crippen LogP contribution >= 0.6 is 11.6 Å². The van der Waals surface area contributed by atoms with Crippen molar-refractivity contribution in [1.82, 2.24) is 10.3 Å². The summed E-state index contributed by atoms with van der Waals surface area (Å²) in [5.74, 6) is 0.506. The van der Waals surface area contributed by atoms with Crippen LogP contribution in [0, 0.1) is 11.5 Å². The van der Waals surface area contributed by atoms with E-state index >= 15 is 0 Å². The Bertz CT molecular complexity index is 721. The summed E-state index contributed by atoms with van der Waals surface area (Å²) in [5, 5.41) is 15.5. The molecule has 2 aromatic rings. The molecule has 0 saturated carbocycles. The molecule has 0 aliphatic rings. The molecular formula is C17H18ClN5. The maximum absolute atomic E-state index is 8.93. The van der Waals surface area contributed by atoms with Gasteiger partial charge >= 0.3 is 0 Å². The third-order valence-corrected chi connectivity index (χ3v) is 3.54. The minimum absolute atomic E-state index is 0.506. The minimum atomic E-state index is 0.506. The first-order chi connectivity index (χ1) is 11.2. The molecule has 0 fully saturated rings. The predicted molar refractivity (Wildman–Crippen MR) is 93.7 cm³/mol. The zero-order valence-electron chi connectivity index (χ0n) is 12.9. The summed E-state index contributed by atoms with van der Waals surface area (Å²) in [6.45, 7) is 3.34. The first-order valence-corrected chi connectivity index (χ1v) is 7.74. The van der Waals surface area contributed by atoms with Crippen molar-refractivity contribution < 1.29 is 0 Å². The molecule has 23 heavy (non-hydrogen) atoms. The smallest absolute Gasteiger partial charge is 0.182 e. The van der Waals surface area contributed by atoms with E-state index in [1.165, 1.54) is 0 Å². The van der Waals surface area contributed by atoms with Gasteiger partial charge in [0.15, 0.2) is 6.19 Å². The normalized spacial score (nSPS) is 10.9. The molecule has 5 nitrogen and oxygen atoms in total. The lowest BCUT2D eigenvalue weighted by atomic mass is 10.1. The van der Waals surface area contributed by atoms with Crippen molar-refractivity contribution in [1.29, 1.82) is 5.26 Å². The van der Waals surface area contributed by atoms with Crippen molar-refractivity contribution in [2.45, 2.75) is 13.3 Å². The van der Waals surface area contributed by atoms with Gasteiger partial charge < -0.3 is 5.32 Å². The van der Waals surface area contributed by atoms with Crippen LogP contribution in [0.2, 0.25) is 5.02 Å². The Morgan fingerprint density at radius 1 is 1.35 bits per heavy atom. The number of hydrogen-bond donors (Lipinski definition) is 2. The van der Waals surface area contributed by atoms with E-state index in [0.29, 0.717) is 18.8 Å². The quantitative estimate of drug-likeness (QED) is 0.370. The van der Waals surface area contributed by atoms with Gasteiger partial charge in [-0.05, 0) is 31.0 Å². The lowest BCUT2D eigenvalue weighted by molar-refractivity contribution is 0.958. The third kappa shape index (κ3) is 4.97. The Labute approximate surface area is 141 Å². The Morgan fingerprint density at radius 2 is 2.17 bits per heavy atom. The zero-order chi connectivity index (χ0) is 16.5. The molecule has 118 valence electrons. The maximum Gasteiger partial charge on any atom is 0.182 e. The molecule has 0 amide bonds. The van der Waals surface area contributed by atoms with Crippen LogP contribution in [0.25, 0.3) is 0 Å². The Morgan fingerprint density at radius 3 is 2.91 bits per heavy atom. The fraction of sp³-hybridized carbons (Fsp3) is 0.235. The van der Waals surface area contributed by atoms with Crippen LogP contribution in [-0.4, -0.2) is 23.9 Å². The molecule has 0 atom stereocenters. The average molecular weight is 328 g/mol. The Hall–Kier alpha value is -2.58. The minimum Gasteiger partial charge on any atom is -0.384 e. The van der Waals surface area contributed by atoms with E-state index in [0.717, 1.165) is 28.4 Å². The lowest BCUT2D eigenvalue weighted by Gasteiger charge is -2.08. The largest absolute Gasteiger partial charge is 0.384 e. The maximum atomic E-state index is 8.93. The molecular weight excluding hydrogens is 310 g/mol. The van der Waals surface area contributed by atoms with Gasteiger partial charge in [0.05, 0.1) is 5.69 Å². The van der Waals surface area contributed by atoms with Crippen molar-refractivity contribution in [3.05, 3.63) is 58.9 Å². The molecule has 0 unspecified atom stereocenters. The SMILES string of the molecule is CCNc1cncc(C(=NCCc2ccccc2Cl)NC#N)c1. The second-order valence-electron chi connectivity index (χ2n) is 4.80. The number of nitrogens with one attached hydrogen (secondary N) is 2. The van der Waals surface area contributed by atoms with Crippen LogP contribution in [0.5, 0.6) is 0 Å². The summed E-state index contributed by atoms with van der Waals surface area (Å²) in [6.07, 6.45) is 6.04. The lowest BCUT2D eigenvalue weighted by Crippen LogP contribution is -2.20. The summed E-state index contributed by atoms with van der Waals surface area (Å²) in [6, 6.07) is 9.59. The molecule has 2 rings (SSSR count). The average Bonchev–Trinajstić information content (AvgIpc) is 2.56. The molecule has 0 aliphatic carbocycles. The fourth-order valence-corrected chi connectivity index (χ4v) is 2.35. The third-order valence-electron chi connectivity index (χ3n) is 3.18. The Kier molecular flexibility index (Phi) is 6.40. The van der Waals surface area contributed by atoms with Gasteiger partial charge in [-0.2, -0.15) is 5.26 Å². The number of benzene rings is 1. The number of nitriles is 1. The highest BCUT2D eigenvalue weighted by molar-refractivity contribution is 6.31. The molecule has 2 N–H and O–H groups in total. The van der Waals surface area contributed by atoms with Crippen molar-refractivity contribution in [2.24, 2.45) is 4.99 Å². The van der Waals surface area contributed by atoms with Gasteiger partial charge in [0.2, 0.25) is 0 Å². The first-order valence-electron chi connectivity index (χ1n) is 7.37. The topological polar surface area (TPSA) is 73.1 Å². The number of halogens is 1. The monoisotopic (exact) mass is 327 g/mol. The standard InChI is InChI=1S/C17H18ClN5/c1-2-21-15-9-14(10-20-11-15)17(23-12-19)22-8-7-13-5-3-4-6-16(13)18/h3-6,9-11,21H,2,7-8H2,1H3,(H,22,23). The highest BCUT2D eigenvalue weighted by Crippen LogP contribution is 2.15. The van der Waals surface area contributed by atoms with E-state index in [4.69, 9.17) is 16.9 Å². The van der Waals surface area contributed by atoms with Crippen LogP contribution in [0.1, 0.15) is 18.1 Å². The van der Waals surface area contributed by atoms with E-state index in [-0.39, 0.29) is 0 Å². The zero-order valence-corrected chi connectivity index (χ0v) is 13.6. The van der Waals surface area contributed by atoms with Crippen molar-refractivity contribution in [2.75, 3.05) is 18.4 Å². The predicted octanol–water partition coefficient (Wildman–Crippen LogP) is 3.23. The van der Waals surface area contributed by atoms with Crippen LogP contribution < -0.4 is 10.6 Å². The number of hydrogen-bond acceptors (Lipinski definition) is 4. The van der Waals surface area contributed by atoms with Crippen LogP contribution in [-0.2, 0) is 6.42 Å². The second-order valence-corrected chi connectivity index (χ2v) is 5.21. The van der Waals surface area contributed by atoms with Crippen LogP contribution in [0.15, 0.2) is 47.7 Å². The molecule has 0 aliphatic heterocycles. The molecule has 1 aromatic carbocycles. The highest BCUT2D eigenvalue weighted by atomic mass is 35.5. The Balaban J connectivity index is 2.13. The van der Waals surface area contributed by atoms with E-state index in [9.17, 15) is 0 Å². The number of rotatable bonds is 6. The molecule has 6 heteroatoms. The van der Waals surface area contributed by atoms with E-state index in [2.05, 4.69) is 20.6 Å². The summed E-state index contributed by atoms with van der Waals surface area (Å²) in [7, 11) is 0. The second kappa shape index (κ2) is 8.76. The summed E-state index contributed by atoms with van der Waals surface area (Å²) < 4.78 is 0. The number of aliphatic imine (C=N–C) groups is 1. The van der Waals surface area contributed by atoms with Gasteiger partial charge in [0.1, 0.15) is 5.84 Å².